The first-order valence-electron chi connectivity index (χ1n) is 10.8. The van der Waals surface area contributed by atoms with Crippen molar-refractivity contribution in [2.45, 2.75) is 37.8 Å². The van der Waals surface area contributed by atoms with Gasteiger partial charge in [0.1, 0.15) is 5.76 Å². The minimum absolute atomic E-state index is 0.0517. The van der Waals surface area contributed by atoms with E-state index >= 15 is 0 Å². The average Bonchev–Trinajstić information content (AvgIpc) is 3.60. The number of rotatable bonds is 8. The Balaban J connectivity index is 1.63. The molecule has 1 aliphatic carbocycles. The Morgan fingerprint density at radius 2 is 1.70 bits per heavy atom. The van der Waals surface area contributed by atoms with Crippen LogP contribution < -0.4 is 15.5 Å². The number of amides is 3. The number of carbonyl (C=O) groups is 3. The van der Waals surface area contributed by atoms with Gasteiger partial charge in [-0.3, -0.25) is 19.3 Å². The first kappa shape index (κ1) is 22.7. The number of hydrogen-bond acceptors (Lipinski definition) is 5. The van der Waals surface area contributed by atoms with E-state index in [0.717, 1.165) is 25.7 Å². The Bertz CT molecular complexity index is 1070. The molecule has 0 aliphatic heterocycles. The Hall–Kier alpha value is -3.52. The molecule has 3 amide bonds. The molecule has 1 aliphatic rings. The van der Waals surface area contributed by atoms with Gasteiger partial charge in [-0.2, -0.15) is 0 Å². The SMILES string of the molecule is O=C(NCC(=O)N(c1ccc(Cl)cc1)[C@H](C(=O)NC1CCCC1)c1ccco1)c1ccco1. The molecule has 8 nitrogen and oxygen atoms in total. The second-order valence-electron chi connectivity index (χ2n) is 7.81. The van der Waals surface area contributed by atoms with Crippen LogP contribution in [0.4, 0.5) is 5.69 Å². The standard InChI is InChI=1S/C24H24ClN3O5/c25-16-9-11-18(12-10-16)28(21(29)15-26-23(30)20-8-4-14-33-20)22(19-7-3-13-32-19)24(31)27-17-5-1-2-6-17/h3-4,7-14,17,22H,1-2,5-6,15H2,(H,26,30)(H,27,31)/t22-/m0/s1. The van der Waals surface area contributed by atoms with Crippen molar-refractivity contribution < 1.29 is 23.2 Å². The zero-order valence-electron chi connectivity index (χ0n) is 17.8. The number of nitrogens with zero attached hydrogens (tertiary/aromatic N) is 1. The Kier molecular flexibility index (Phi) is 7.14. The lowest BCUT2D eigenvalue weighted by molar-refractivity contribution is -0.127. The van der Waals surface area contributed by atoms with E-state index in [0.29, 0.717) is 16.5 Å². The summed E-state index contributed by atoms with van der Waals surface area (Å²) < 4.78 is 10.6. The van der Waals surface area contributed by atoms with Crippen LogP contribution in [0.3, 0.4) is 0 Å². The average molecular weight is 470 g/mol. The third-order valence-corrected chi connectivity index (χ3v) is 5.79. The van der Waals surface area contributed by atoms with Crippen LogP contribution in [0.2, 0.25) is 5.02 Å². The quantitative estimate of drug-likeness (QED) is 0.517. The molecule has 0 bridgehead atoms. The number of anilines is 1. The monoisotopic (exact) mass is 469 g/mol. The van der Waals surface area contributed by atoms with Gasteiger partial charge in [-0.05, 0) is 61.4 Å². The van der Waals surface area contributed by atoms with Gasteiger partial charge in [0.2, 0.25) is 5.91 Å². The first-order valence-corrected chi connectivity index (χ1v) is 11.1. The van der Waals surface area contributed by atoms with Crippen molar-refractivity contribution in [3.8, 4) is 0 Å². The van der Waals surface area contributed by atoms with Gasteiger partial charge >= 0.3 is 0 Å². The molecule has 172 valence electrons. The molecule has 1 aromatic carbocycles. The van der Waals surface area contributed by atoms with Crippen LogP contribution in [0, 0.1) is 0 Å². The maximum Gasteiger partial charge on any atom is 0.287 e. The van der Waals surface area contributed by atoms with Crippen molar-refractivity contribution in [3.63, 3.8) is 0 Å². The summed E-state index contributed by atoms with van der Waals surface area (Å²) in [7, 11) is 0. The zero-order chi connectivity index (χ0) is 23.2. The molecule has 1 fully saturated rings. The number of benzene rings is 1. The molecular formula is C24H24ClN3O5. The molecule has 0 radical (unpaired) electrons. The Morgan fingerprint density at radius 3 is 2.33 bits per heavy atom. The van der Waals surface area contributed by atoms with Gasteiger partial charge in [0.25, 0.3) is 11.8 Å². The molecule has 2 heterocycles. The highest BCUT2D eigenvalue weighted by atomic mass is 35.5. The van der Waals surface area contributed by atoms with E-state index in [9.17, 15) is 14.4 Å². The molecule has 9 heteroatoms. The molecule has 0 saturated heterocycles. The molecule has 1 atom stereocenters. The van der Waals surface area contributed by atoms with Gasteiger partial charge in [0.05, 0.1) is 19.1 Å². The van der Waals surface area contributed by atoms with Gasteiger partial charge < -0.3 is 19.5 Å². The predicted molar refractivity (Wildman–Crippen MR) is 122 cm³/mol. The summed E-state index contributed by atoms with van der Waals surface area (Å²) >= 11 is 6.04. The van der Waals surface area contributed by atoms with Crippen LogP contribution in [0.25, 0.3) is 0 Å². The first-order chi connectivity index (χ1) is 16.0. The largest absolute Gasteiger partial charge is 0.467 e. The molecule has 3 aromatic rings. The van der Waals surface area contributed by atoms with Crippen molar-refractivity contribution in [2.24, 2.45) is 0 Å². The van der Waals surface area contributed by atoms with Crippen molar-refractivity contribution in [3.05, 3.63) is 77.6 Å². The fourth-order valence-corrected chi connectivity index (χ4v) is 4.07. The Labute approximate surface area is 195 Å². The fourth-order valence-electron chi connectivity index (χ4n) is 3.95. The lowest BCUT2D eigenvalue weighted by Crippen LogP contribution is -2.49. The van der Waals surface area contributed by atoms with Crippen LogP contribution >= 0.6 is 11.6 Å². The van der Waals surface area contributed by atoms with Crippen LogP contribution in [-0.4, -0.2) is 30.3 Å². The highest BCUT2D eigenvalue weighted by Gasteiger charge is 2.36. The van der Waals surface area contributed by atoms with Gasteiger partial charge in [-0.25, -0.2) is 0 Å². The van der Waals surface area contributed by atoms with Crippen molar-refractivity contribution in [2.75, 3.05) is 11.4 Å². The van der Waals surface area contributed by atoms with Gasteiger partial charge in [0, 0.05) is 16.8 Å². The van der Waals surface area contributed by atoms with Crippen molar-refractivity contribution in [1.82, 2.24) is 10.6 Å². The number of carbonyl (C=O) groups excluding carboxylic acids is 3. The van der Waals surface area contributed by atoms with E-state index in [4.69, 9.17) is 20.4 Å². The van der Waals surface area contributed by atoms with Crippen LogP contribution in [0.1, 0.15) is 48.0 Å². The van der Waals surface area contributed by atoms with E-state index in [-0.39, 0.29) is 24.3 Å². The van der Waals surface area contributed by atoms with E-state index in [2.05, 4.69) is 10.6 Å². The molecule has 0 spiro atoms. The summed E-state index contributed by atoms with van der Waals surface area (Å²) in [5.74, 6) is -0.986. The summed E-state index contributed by atoms with van der Waals surface area (Å²) in [6.07, 6.45) is 6.71. The topological polar surface area (TPSA) is 105 Å². The molecule has 1 saturated carbocycles. The van der Waals surface area contributed by atoms with Gasteiger partial charge in [-0.15, -0.1) is 0 Å². The minimum Gasteiger partial charge on any atom is -0.467 e. The molecule has 33 heavy (non-hydrogen) atoms. The molecule has 4 rings (SSSR count). The lowest BCUT2D eigenvalue weighted by Gasteiger charge is -2.31. The number of nitrogens with one attached hydrogen (secondary N) is 2. The lowest BCUT2D eigenvalue weighted by atomic mass is 10.1. The predicted octanol–water partition coefficient (Wildman–Crippen LogP) is 4.09. The fraction of sp³-hybridized carbons (Fsp3) is 0.292. The maximum absolute atomic E-state index is 13.4. The van der Waals surface area contributed by atoms with Crippen molar-refractivity contribution >= 4 is 35.0 Å². The van der Waals surface area contributed by atoms with E-state index in [1.54, 1.807) is 42.5 Å². The molecule has 2 aromatic heterocycles. The van der Waals surface area contributed by atoms with E-state index < -0.39 is 17.9 Å². The van der Waals surface area contributed by atoms with Crippen LogP contribution in [-0.2, 0) is 9.59 Å². The summed E-state index contributed by atoms with van der Waals surface area (Å²) in [6.45, 7) is -0.351. The summed E-state index contributed by atoms with van der Waals surface area (Å²) in [6, 6.07) is 11.9. The maximum atomic E-state index is 13.4. The van der Waals surface area contributed by atoms with Crippen molar-refractivity contribution in [1.29, 1.82) is 0 Å². The summed E-state index contributed by atoms with van der Waals surface area (Å²) in [5.41, 5.74) is 0.444. The minimum atomic E-state index is -1.06. The molecular weight excluding hydrogens is 446 g/mol. The normalized spacial score (nSPS) is 14.6. The zero-order valence-corrected chi connectivity index (χ0v) is 18.6. The van der Waals surface area contributed by atoms with E-state index in [1.807, 2.05) is 0 Å². The van der Waals surface area contributed by atoms with Gasteiger partial charge in [0.15, 0.2) is 11.8 Å². The highest BCUT2D eigenvalue weighted by Crippen LogP contribution is 2.30. The Morgan fingerprint density at radius 1 is 1.00 bits per heavy atom. The summed E-state index contributed by atoms with van der Waals surface area (Å²) in [5, 5.41) is 6.08. The third kappa shape index (κ3) is 5.46. The number of furan rings is 2. The summed E-state index contributed by atoms with van der Waals surface area (Å²) in [4.78, 5) is 40.4. The van der Waals surface area contributed by atoms with Crippen LogP contribution in [0.15, 0.2) is 69.9 Å². The molecule has 0 unspecified atom stereocenters. The van der Waals surface area contributed by atoms with E-state index in [1.165, 1.54) is 23.5 Å². The molecule has 2 N–H and O–H groups in total. The number of hydrogen-bond donors (Lipinski definition) is 2. The van der Waals surface area contributed by atoms with Gasteiger partial charge in [-0.1, -0.05) is 24.4 Å². The third-order valence-electron chi connectivity index (χ3n) is 5.54. The highest BCUT2D eigenvalue weighted by molar-refractivity contribution is 6.30. The second kappa shape index (κ2) is 10.4. The van der Waals surface area contributed by atoms with Crippen LogP contribution in [0.5, 0.6) is 0 Å². The second-order valence-corrected chi connectivity index (χ2v) is 8.24. The number of halogens is 1. The smallest absolute Gasteiger partial charge is 0.287 e.